The molecule has 0 bridgehead atoms. The number of carbonyl (C=O) groups excluding carboxylic acids is 3. The summed E-state index contributed by atoms with van der Waals surface area (Å²) in [6, 6.07) is 15.9. The Morgan fingerprint density at radius 1 is 1.04 bits per heavy atom. The predicted octanol–water partition coefficient (Wildman–Crippen LogP) is 3.92. The number of nitrogens with zero attached hydrogens (tertiary/aromatic N) is 3. The standard InChI is InChI=1S/C37H42N4O7/c1-23(2)34(32-19-24(3)39-48-32)36(45)41-22-29(42)20-31(41)35(44)38-30(27-7-5-4-6-8-27)21-33(43)40-17-15-26(16-18-40)10-9-25-11-13-28(14-12-25)37(46)47/h4-8,11-14,19,23,26,29-31,34,42H,15-18,20-22H2,1-3H3,(H,38,44)(H,46,47)/t29-,30+,31+,34-/m1/s1. The summed E-state index contributed by atoms with van der Waals surface area (Å²) in [6.45, 7) is 6.65. The highest BCUT2D eigenvalue weighted by Gasteiger charge is 2.43. The number of carboxylic acid groups (broad SMARTS) is 1. The summed E-state index contributed by atoms with van der Waals surface area (Å²) in [4.78, 5) is 55.6. The van der Waals surface area contributed by atoms with Crippen LogP contribution in [0.25, 0.3) is 0 Å². The Morgan fingerprint density at radius 2 is 1.73 bits per heavy atom. The van der Waals surface area contributed by atoms with Gasteiger partial charge in [0.25, 0.3) is 0 Å². The summed E-state index contributed by atoms with van der Waals surface area (Å²) in [5.74, 6) is 4.28. The molecule has 2 saturated heterocycles. The molecule has 3 aromatic rings. The molecule has 11 nitrogen and oxygen atoms in total. The van der Waals surface area contributed by atoms with Crippen LogP contribution in [0.3, 0.4) is 0 Å². The van der Waals surface area contributed by atoms with Crippen LogP contribution >= 0.6 is 0 Å². The molecule has 2 aliphatic rings. The van der Waals surface area contributed by atoms with Crippen LogP contribution in [0.4, 0.5) is 0 Å². The summed E-state index contributed by atoms with van der Waals surface area (Å²) >= 11 is 0. The van der Waals surface area contributed by atoms with E-state index < -0.39 is 36.0 Å². The minimum absolute atomic E-state index is 0.0215. The number of β-amino-alcohol motifs (C(OH)–C–C–N with tert-alkyl or cyclic N) is 1. The Balaban J connectivity index is 1.24. The number of carboxylic acids is 1. The van der Waals surface area contributed by atoms with Crippen LogP contribution in [0.1, 0.15) is 84.4 Å². The number of aromatic carboxylic acids is 1. The number of likely N-dealkylation sites (tertiary alicyclic amines) is 2. The molecule has 3 heterocycles. The van der Waals surface area contributed by atoms with Gasteiger partial charge in [0.15, 0.2) is 0 Å². The molecule has 3 N–H and O–H groups in total. The Bertz CT molecular complexity index is 1670. The molecule has 3 amide bonds. The molecule has 0 unspecified atom stereocenters. The van der Waals surface area contributed by atoms with Crippen LogP contribution in [0.15, 0.2) is 65.2 Å². The Labute approximate surface area is 280 Å². The van der Waals surface area contributed by atoms with Crippen molar-refractivity contribution in [2.75, 3.05) is 19.6 Å². The third kappa shape index (κ3) is 8.30. The van der Waals surface area contributed by atoms with E-state index in [2.05, 4.69) is 22.3 Å². The van der Waals surface area contributed by atoms with Crippen molar-refractivity contribution >= 4 is 23.7 Å². The maximum Gasteiger partial charge on any atom is 0.335 e. The van der Waals surface area contributed by atoms with Crippen LogP contribution in [-0.2, 0) is 14.4 Å². The monoisotopic (exact) mass is 654 g/mol. The first-order valence-electron chi connectivity index (χ1n) is 16.4. The van der Waals surface area contributed by atoms with Crippen molar-refractivity contribution in [1.82, 2.24) is 20.3 Å². The maximum atomic E-state index is 13.8. The van der Waals surface area contributed by atoms with Crippen LogP contribution < -0.4 is 5.32 Å². The highest BCUT2D eigenvalue weighted by atomic mass is 16.5. The number of nitrogens with one attached hydrogen (secondary N) is 1. The molecule has 4 atom stereocenters. The van der Waals surface area contributed by atoms with Crippen LogP contribution in [-0.4, -0.2) is 80.6 Å². The van der Waals surface area contributed by atoms with Gasteiger partial charge in [-0.2, -0.15) is 0 Å². The zero-order chi connectivity index (χ0) is 34.4. The van der Waals surface area contributed by atoms with E-state index in [1.54, 1.807) is 30.0 Å². The number of hydrogen-bond donors (Lipinski definition) is 3. The molecule has 11 heteroatoms. The molecule has 5 rings (SSSR count). The van der Waals surface area contributed by atoms with Gasteiger partial charge in [0, 0.05) is 43.6 Å². The second kappa shape index (κ2) is 15.3. The average molecular weight is 655 g/mol. The largest absolute Gasteiger partial charge is 0.478 e. The van der Waals surface area contributed by atoms with Crippen molar-refractivity contribution in [3.8, 4) is 11.8 Å². The zero-order valence-corrected chi connectivity index (χ0v) is 27.5. The van der Waals surface area contributed by atoms with E-state index in [-0.39, 0.29) is 48.6 Å². The van der Waals surface area contributed by atoms with Crippen molar-refractivity contribution < 1.29 is 33.9 Å². The quantitative estimate of drug-likeness (QED) is 0.294. The summed E-state index contributed by atoms with van der Waals surface area (Å²) in [7, 11) is 0. The molecule has 0 saturated carbocycles. The smallest absolute Gasteiger partial charge is 0.335 e. The molecule has 1 aromatic heterocycles. The normalized spacial score (nSPS) is 19.4. The van der Waals surface area contributed by atoms with E-state index in [0.717, 1.165) is 11.1 Å². The number of piperidine rings is 1. The van der Waals surface area contributed by atoms with Crippen molar-refractivity contribution in [1.29, 1.82) is 0 Å². The second-order valence-corrected chi connectivity index (χ2v) is 13.0. The number of aliphatic hydroxyl groups is 1. The third-order valence-electron chi connectivity index (χ3n) is 9.05. The summed E-state index contributed by atoms with van der Waals surface area (Å²) in [5.41, 5.74) is 2.36. The molecule has 2 aromatic carbocycles. The first-order valence-corrected chi connectivity index (χ1v) is 16.4. The Kier molecular flexibility index (Phi) is 11.0. The lowest BCUT2D eigenvalue weighted by Gasteiger charge is -2.32. The fraction of sp³-hybridized carbons (Fsp3) is 0.432. The first-order chi connectivity index (χ1) is 23.0. The van der Waals surface area contributed by atoms with E-state index in [9.17, 15) is 24.3 Å². The molecule has 0 aliphatic carbocycles. The molecule has 252 valence electrons. The van der Waals surface area contributed by atoms with Crippen molar-refractivity contribution in [2.24, 2.45) is 11.8 Å². The molecular weight excluding hydrogens is 612 g/mol. The number of aromatic nitrogens is 1. The summed E-state index contributed by atoms with van der Waals surface area (Å²) in [6.07, 6.45) is 0.669. The lowest BCUT2D eigenvalue weighted by molar-refractivity contribution is -0.141. The van der Waals surface area contributed by atoms with Crippen LogP contribution in [0.2, 0.25) is 0 Å². The van der Waals surface area contributed by atoms with E-state index >= 15 is 0 Å². The molecule has 48 heavy (non-hydrogen) atoms. The maximum absolute atomic E-state index is 13.8. The number of aryl methyl sites for hydroxylation is 1. The van der Waals surface area contributed by atoms with Crippen molar-refractivity contribution in [2.45, 2.75) is 70.6 Å². The Hall–Kier alpha value is -4.95. The van der Waals surface area contributed by atoms with E-state index in [4.69, 9.17) is 9.63 Å². The van der Waals surface area contributed by atoms with Gasteiger partial charge in [-0.15, -0.1) is 0 Å². The number of benzene rings is 2. The fourth-order valence-corrected chi connectivity index (χ4v) is 6.41. The highest BCUT2D eigenvalue weighted by Crippen LogP contribution is 2.32. The van der Waals surface area contributed by atoms with Crippen molar-refractivity contribution in [3.63, 3.8) is 0 Å². The number of hydrogen-bond acceptors (Lipinski definition) is 7. The molecular formula is C37H42N4O7. The van der Waals surface area contributed by atoms with Crippen molar-refractivity contribution in [3.05, 3.63) is 88.8 Å². The highest BCUT2D eigenvalue weighted by molar-refractivity contribution is 5.92. The van der Waals surface area contributed by atoms with Gasteiger partial charge in [-0.05, 0) is 55.5 Å². The Morgan fingerprint density at radius 3 is 2.33 bits per heavy atom. The lowest BCUT2D eigenvalue weighted by Crippen LogP contribution is -2.49. The predicted molar refractivity (Wildman–Crippen MR) is 176 cm³/mol. The summed E-state index contributed by atoms with van der Waals surface area (Å²) in [5, 5.41) is 26.6. The second-order valence-electron chi connectivity index (χ2n) is 13.0. The van der Waals surface area contributed by atoms with Gasteiger partial charge in [0.1, 0.15) is 17.7 Å². The van der Waals surface area contributed by atoms with Gasteiger partial charge in [0.05, 0.1) is 29.8 Å². The lowest BCUT2D eigenvalue weighted by atomic mass is 9.91. The van der Waals surface area contributed by atoms with E-state index in [1.807, 2.05) is 44.2 Å². The van der Waals surface area contributed by atoms with Gasteiger partial charge >= 0.3 is 5.97 Å². The first kappa shape index (κ1) is 34.4. The number of rotatable bonds is 9. The molecule has 2 aliphatic heterocycles. The van der Waals surface area contributed by atoms with Gasteiger partial charge in [0.2, 0.25) is 17.7 Å². The SMILES string of the molecule is Cc1cc([C@H](C(=O)N2C[C@H](O)C[C@H]2C(=O)N[C@@H](CC(=O)N2CCC(C#Cc3ccc(C(=O)O)cc3)CC2)c2ccccc2)C(C)C)on1. The molecule has 0 radical (unpaired) electrons. The molecule has 2 fully saturated rings. The average Bonchev–Trinajstić information content (AvgIpc) is 3.69. The van der Waals surface area contributed by atoms with Gasteiger partial charge in [-0.1, -0.05) is 61.2 Å². The summed E-state index contributed by atoms with van der Waals surface area (Å²) < 4.78 is 5.44. The zero-order valence-electron chi connectivity index (χ0n) is 27.5. The minimum atomic E-state index is -0.982. The minimum Gasteiger partial charge on any atom is -0.478 e. The fourth-order valence-electron chi connectivity index (χ4n) is 6.41. The number of amides is 3. The van der Waals surface area contributed by atoms with Gasteiger partial charge in [-0.3, -0.25) is 14.4 Å². The van der Waals surface area contributed by atoms with Crippen LogP contribution in [0, 0.1) is 30.6 Å². The third-order valence-corrected chi connectivity index (χ3v) is 9.05. The molecule has 0 spiro atoms. The van der Waals surface area contributed by atoms with Gasteiger partial charge < -0.3 is 29.9 Å². The number of aliphatic hydroxyl groups excluding tert-OH is 1. The van der Waals surface area contributed by atoms with Gasteiger partial charge in [-0.25, -0.2) is 4.79 Å². The van der Waals surface area contributed by atoms with E-state index in [0.29, 0.717) is 37.4 Å². The van der Waals surface area contributed by atoms with Crippen LogP contribution in [0.5, 0.6) is 0 Å². The number of carbonyl (C=O) groups is 4. The topological polar surface area (TPSA) is 153 Å². The van der Waals surface area contributed by atoms with E-state index in [1.165, 1.54) is 17.0 Å².